The molecule has 1 aliphatic heterocycles. The summed E-state index contributed by atoms with van der Waals surface area (Å²) in [6.07, 6.45) is 2.33. The third kappa shape index (κ3) is 3.58. The molecular weight excluding hydrogens is 364 g/mol. The number of nitrogens with zero attached hydrogens (tertiary/aromatic N) is 3. The first-order valence-corrected chi connectivity index (χ1v) is 9.77. The first kappa shape index (κ1) is 17.7. The fraction of sp³-hybridized carbons (Fsp3) is 0.316. The second-order valence-corrected chi connectivity index (χ2v) is 7.12. The van der Waals surface area contributed by atoms with E-state index in [9.17, 15) is 9.59 Å². The summed E-state index contributed by atoms with van der Waals surface area (Å²) in [5.41, 5.74) is 3.12. The van der Waals surface area contributed by atoms with Gasteiger partial charge in [-0.25, -0.2) is 4.98 Å². The van der Waals surface area contributed by atoms with Crippen molar-refractivity contribution in [3.63, 3.8) is 0 Å². The Hall–Kier alpha value is -2.71. The third-order valence-electron chi connectivity index (χ3n) is 4.51. The van der Waals surface area contributed by atoms with E-state index in [0.717, 1.165) is 21.9 Å². The Morgan fingerprint density at radius 2 is 1.96 bits per heavy atom. The van der Waals surface area contributed by atoms with Crippen LogP contribution in [0.5, 0.6) is 0 Å². The highest BCUT2D eigenvalue weighted by Gasteiger charge is 2.22. The standard InChI is InChI=1S/C19H20N4O3S/c1-2-17(24)20-14-5-3-13(4-6-14)15-11-23-16(12-27-19(23)21-15)18(25)22-7-9-26-10-8-22/h3-6,11-12H,2,7-10H2,1H3,(H,20,24). The number of hydrogen-bond donors (Lipinski definition) is 1. The van der Waals surface area contributed by atoms with E-state index in [1.807, 2.05) is 52.1 Å². The zero-order chi connectivity index (χ0) is 18.8. The Morgan fingerprint density at radius 1 is 1.22 bits per heavy atom. The Balaban J connectivity index is 1.58. The van der Waals surface area contributed by atoms with Crippen LogP contribution in [0.2, 0.25) is 0 Å². The third-order valence-corrected chi connectivity index (χ3v) is 5.35. The Morgan fingerprint density at radius 3 is 2.67 bits per heavy atom. The van der Waals surface area contributed by atoms with E-state index in [0.29, 0.717) is 38.4 Å². The van der Waals surface area contributed by atoms with Gasteiger partial charge in [0.1, 0.15) is 5.69 Å². The monoisotopic (exact) mass is 384 g/mol. The zero-order valence-corrected chi connectivity index (χ0v) is 15.8. The van der Waals surface area contributed by atoms with Gasteiger partial charge in [0.05, 0.1) is 18.9 Å². The molecule has 140 valence electrons. The Bertz CT molecular complexity index is 971. The topological polar surface area (TPSA) is 75.9 Å². The van der Waals surface area contributed by atoms with Gasteiger partial charge in [0.15, 0.2) is 4.96 Å². The summed E-state index contributed by atoms with van der Waals surface area (Å²) in [6, 6.07) is 7.55. The maximum absolute atomic E-state index is 12.8. The molecule has 0 aliphatic carbocycles. The average molecular weight is 384 g/mol. The summed E-state index contributed by atoms with van der Waals surface area (Å²) in [5.74, 6) is -0.0114. The molecule has 4 rings (SSSR count). The van der Waals surface area contributed by atoms with Gasteiger partial charge in [0.25, 0.3) is 5.91 Å². The van der Waals surface area contributed by atoms with E-state index in [2.05, 4.69) is 10.3 Å². The number of imidazole rings is 1. The van der Waals surface area contributed by atoms with Crippen molar-refractivity contribution in [3.05, 3.63) is 41.5 Å². The molecule has 0 radical (unpaired) electrons. The maximum Gasteiger partial charge on any atom is 0.271 e. The van der Waals surface area contributed by atoms with Crippen molar-refractivity contribution >= 4 is 33.8 Å². The van der Waals surface area contributed by atoms with Crippen molar-refractivity contribution in [1.29, 1.82) is 0 Å². The predicted molar refractivity (Wildman–Crippen MR) is 104 cm³/mol. The summed E-state index contributed by atoms with van der Waals surface area (Å²) >= 11 is 1.45. The number of aromatic nitrogens is 2. The summed E-state index contributed by atoms with van der Waals surface area (Å²) < 4.78 is 7.17. The van der Waals surface area contributed by atoms with Gasteiger partial charge in [0.2, 0.25) is 5.91 Å². The van der Waals surface area contributed by atoms with Crippen molar-refractivity contribution in [1.82, 2.24) is 14.3 Å². The highest BCUT2D eigenvalue weighted by atomic mass is 32.1. The Kier molecular flexibility index (Phi) is 4.91. The molecule has 3 aromatic rings. The fourth-order valence-electron chi connectivity index (χ4n) is 2.98. The van der Waals surface area contributed by atoms with Crippen molar-refractivity contribution in [2.75, 3.05) is 31.6 Å². The molecule has 2 aromatic heterocycles. The van der Waals surface area contributed by atoms with E-state index in [4.69, 9.17) is 4.74 Å². The molecule has 1 aliphatic rings. The van der Waals surface area contributed by atoms with Crippen molar-refractivity contribution in [3.8, 4) is 11.3 Å². The Labute approximate surface area is 160 Å². The average Bonchev–Trinajstić information content (AvgIpc) is 3.29. The minimum absolute atomic E-state index is 0.00567. The molecule has 0 saturated carbocycles. The summed E-state index contributed by atoms with van der Waals surface area (Å²) in [6.45, 7) is 4.20. The molecule has 3 heterocycles. The minimum Gasteiger partial charge on any atom is -0.378 e. The van der Waals surface area contributed by atoms with Crippen LogP contribution in [-0.2, 0) is 9.53 Å². The summed E-state index contributed by atoms with van der Waals surface area (Å²) in [4.78, 5) is 31.5. The lowest BCUT2D eigenvalue weighted by atomic mass is 10.1. The van der Waals surface area contributed by atoms with Crippen LogP contribution in [0, 0.1) is 0 Å². The molecule has 8 heteroatoms. The highest BCUT2D eigenvalue weighted by Crippen LogP contribution is 2.25. The first-order chi connectivity index (χ1) is 13.2. The van der Waals surface area contributed by atoms with Gasteiger partial charge in [-0.05, 0) is 12.1 Å². The van der Waals surface area contributed by atoms with Crippen LogP contribution in [0.4, 0.5) is 5.69 Å². The van der Waals surface area contributed by atoms with Crippen LogP contribution < -0.4 is 5.32 Å². The quantitative estimate of drug-likeness (QED) is 0.750. The molecule has 0 spiro atoms. The maximum atomic E-state index is 12.8. The van der Waals surface area contributed by atoms with Gasteiger partial charge in [-0.1, -0.05) is 19.1 Å². The van der Waals surface area contributed by atoms with E-state index in [1.54, 1.807) is 0 Å². The van der Waals surface area contributed by atoms with Crippen LogP contribution in [-0.4, -0.2) is 52.4 Å². The molecule has 1 fully saturated rings. The van der Waals surface area contributed by atoms with Crippen LogP contribution in [0.3, 0.4) is 0 Å². The molecule has 7 nitrogen and oxygen atoms in total. The zero-order valence-electron chi connectivity index (χ0n) is 15.0. The lowest BCUT2D eigenvalue weighted by Gasteiger charge is -2.26. The van der Waals surface area contributed by atoms with Crippen molar-refractivity contribution < 1.29 is 14.3 Å². The normalized spacial score (nSPS) is 14.5. The number of nitrogens with one attached hydrogen (secondary N) is 1. The number of morpholine rings is 1. The van der Waals surface area contributed by atoms with Gasteiger partial charge >= 0.3 is 0 Å². The lowest BCUT2D eigenvalue weighted by molar-refractivity contribution is -0.115. The summed E-state index contributed by atoms with van der Waals surface area (Å²) in [7, 11) is 0. The van der Waals surface area contributed by atoms with Crippen LogP contribution >= 0.6 is 11.3 Å². The van der Waals surface area contributed by atoms with Crippen LogP contribution in [0.15, 0.2) is 35.8 Å². The lowest BCUT2D eigenvalue weighted by Crippen LogP contribution is -2.41. The van der Waals surface area contributed by atoms with Gasteiger partial charge < -0.3 is 15.0 Å². The van der Waals surface area contributed by atoms with Gasteiger partial charge in [-0.3, -0.25) is 14.0 Å². The largest absolute Gasteiger partial charge is 0.378 e. The van der Waals surface area contributed by atoms with Gasteiger partial charge in [-0.15, -0.1) is 11.3 Å². The molecule has 1 aromatic carbocycles. The first-order valence-electron chi connectivity index (χ1n) is 8.89. The number of carbonyl (C=O) groups excluding carboxylic acids is 2. The minimum atomic E-state index is -0.0171. The second kappa shape index (κ2) is 7.50. The number of fused-ring (bicyclic) bond motifs is 1. The fourth-order valence-corrected chi connectivity index (χ4v) is 3.83. The number of anilines is 1. The van der Waals surface area contributed by atoms with Gasteiger partial charge in [-0.2, -0.15) is 0 Å². The molecule has 1 N–H and O–H groups in total. The van der Waals surface area contributed by atoms with Gasteiger partial charge in [0, 0.05) is 42.3 Å². The summed E-state index contributed by atoms with van der Waals surface area (Å²) in [5, 5.41) is 4.68. The predicted octanol–water partition coefficient (Wildman–Crippen LogP) is 2.88. The van der Waals surface area contributed by atoms with E-state index >= 15 is 0 Å². The molecule has 2 amide bonds. The molecule has 27 heavy (non-hydrogen) atoms. The molecule has 0 atom stereocenters. The van der Waals surface area contributed by atoms with Crippen LogP contribution in [0.25, 0.3) is 16.2 Å². The number of benzene rings is 1. The second-order valence-electron chi connectivity index (χ2n) is 6.28. The SMILES string of the molecule is CCC(=O)Nc1ccc(-c2cn3c(C(=O)N4CCOCC4)csc3n2)cc1. The number of carbonyl (C=O) groups is 2. The molecule has 0 unspecified atom stereocenters. The van der Waals surface area contributed by atoms with E-state index in [1.165, 1.54) is 11.3 Å². The van der Waals surface area contributed by atoms with Crippen LogP contribution in [0.1, 0.15) is 23.8 Å². The number of hydrogen-bond acceptors (Lipinski definition) is 5. The molecule has 1 saturated heterocycles. The van der Waals surface area contributed by atoms with Crippen molar-refractivity contribution in [2.45, 2.75) is 13.3 Å². The number of ether oxygens (including phenoxy) is 1. The van der Waals surface area contributed by atoms with E-state index in [-0.39, 0.29) is 11.8 Å². The van der Waals surface area contributed by atoms with E-state index < -0.39 is 0 Å². The van der Waals surface area contributed by atoms with Crippen molar-refractivity contribution in [2.24, 2.45) is 0 Å². The molecule has 0 bridgehead atoms. The highest BCUT2D eigenvalue weighted by molar-refractivity contribution is 7.15. The smallest absolute Gasteiger partial charge is 0.271 e. The number of thiazole rings is 1. The number of amides is 2. The number of rotatable bonds is 4. The molecular formula is C19H20N4O3S.